The van der Waals surface area contributed by atoms with Crippen molar-refractivity contribution >= 4 is 33.4 Å². The molecule has 0 saturated heterocycles. The number of rotatable bonds is 6. The van der Waals surface area contributed by atoms with Gasteiger partial charge in [0.2, 0.25) is 15.9 Å². The number of carbonyl (C=O) groups is 1. The maximum absolute atomic E-state index is 14.0. The molecule has 1 aliphatic rings. The Hall–Kier alpha value is -1.97. The number of hydrogen-bond acceptors (Lipinski definition) is 4. The van der Waals surface area contributed by atoms with Gasteiger partial charge in [0, 0.05) is 37.1 Å². The van der Waals surface area contributed by atoms with E-state index in [-0.39, 0.29) is 22.1 Å². The van der Waals surface area contributed by atoms with E-state index in [0.29, 0.717) is 25.1 Å². The monoisotopic (exact) mass is 454 g/mol. The van der Waals surface area contributed by atoms with Gasteiger partial charge in [-0.25, -0.2) is 21.5 Å². The molecule has 3 rings (SSSR count). The van der Waals surface area contributed by atoms with Crippen molar-refractivity contribution in [2.24, 2.45) is 0 Å². The minimum Gasteiger partial charge on any atom is -0.311 e. The Morgan fingerprint density at radius 3 is 2.50 bits per heavy atom. The predicted molar refractivity (Wildman–Crippen MR) is 115 cm³/mol. The van der Waals surface area contributed by atoms with Gasteiger partial charge in [-0.05, 0) is 55.7 Å². The van der Waals surface area contributed by atoms with Crippen LogP contribution in [0, 0.1) is 11.6 Å². The summed E-state index contributed by atoms with van der Waals surface area (Å²) in [4.78, 5) is 14.7. The second-order valence-electron chi connectivity index (χ2n) is 7.32. The van der Waals surface area contributed by atoms with Crippen LogP contribution < -0.4 is 4.90 Å². The molecule has 1 aliphatic heterocycles. The van der Waals surface area contributed by atoms with Crippen LogP contribution in [0.25, 0.3) is 0 Å². The number of thioether (sulfide) groups is 1. The van der Waals surface area contributed by atoms with Crippen LogP contribution in [0.1, 0.15) is 29.7 Å². The topological polar surface area (TPSA) is 57.7 Å². The summed E-state index contributed by atoms with van der Waals surface area (Å²) in [7, 11) is -0.606. The van der Waals surface area contributed by atoms with Crippen LogP contribution in [-0.4, -0.2) is 45.0 Å². The van der Waals surface area contributed by atoms with E-state index in [1.807, 2.05) is 0 Å². The Morgan fingerprint density at radius 1 is 1.20 bits per heavy atom. The van der Waals surface area contributed by atoms with Crippen molar-refractivity contribution in [3.8, 4) is 0 Å². The molecule has 1 amide bonds. The van der Waals surface area contributed by atoms with E-state index in [9.17, 15) is 22.0 Å². The average molecular weight is 455 g/mol. The van der Waals surface area contributed by atoms with Gasteiger partial charge in [-0.3, -0.25) is 4.79 Å². The van der Waals surface area contributed by atoms with E-state index in [2.05, 4.69) is 0 Å². The van der Waals surface area contributed by atoms with Gasteiger partial charge in [-0.1, -0.05) is 6.07 Å². The fourth-order valence-electron chi connectivity index (χ4n) is 3.46. The number of amides is 1. The number of benzene rings is 2. The lowest BCUT2D eigenvalue weighted by molar-refractivity contribution is -0.116. The highest BCUT2D eigenvalue weighted by Gasteiger charge is 2.26. The van der Waals surface area contributed by atoms with E-state index >= 15 is 0 Å². The van der Waals surface area contributed by atoms with Gasteiger partial charge < -0.3 is 4.90 Å². The van der Waals surface area contributed by atoms with E-state index in [1.165, 1.54) is 50.1 Å². The van der Waals surface area contributed by atoms with Crippen molar-refractivity contribution in [3.63, 3.8) is 0 Å². The zero-order chi connectivity index (χ0) is 22.1. The lowest BCUT2D eigenvalue weighted by atomic mass is 10.0. The maximum Gasteiger partial charge on any atom is 0.242 e. The van der Waals surface area contributed by atoms with Gasteiger partial charge in [0.15, 0.2) is 0 Å². The fraction of sp³-hybridized carbons (Fsp3) is 0.381. The molecule has 2 aromatic rings. The summed E-state index contributed by atoms with van der Waals surface area (Å²) in [6.07, 6.45) is 1.40. The van der Waals surface area contributed by atoms with Crippen LogP contribution in [-0.2, 0) is 21.2 Å². The van der Waals surface area contributed by atoms with Crippen LogP contribution in [0.3, 0.4) is 0 Å². The molecule has 0 N–H and O–H groups in total. The number of aryl methyl sites for hydroxylation is 1. The van der Waals surface area contributed by atoms with Crippen LogP contribution >= 0.6 is 11.8 Å². The van der Waals surface area contributed by atoms with Crippen molar-refractivity contribution in [2.45, 2.75) is 29.9 Å². The van der Waals surface area contributed by atoms with E-state index in [0.717, 1.165) is 9.87 Å². The van der Waals surface area contributed by atoms with Gasteiger partial charge in [-0.2, -0.15) is 0 Å². The Balaban J connectivity index is 1.76. The van der Waals surface area contributed by atoms with Crippen molar-refractivity contribution in [3.05, 3.63) is 59.2 Å². The number of carbonyl (C=O) groups excluding carboxylic acids is 1. The first-order valence-corrected chi connectivity index (χ1v) is 12.0. The van der Waals surface area contributed by atoms with Gasteiger partial charge in [0.1, 0.15) is 11.6 Å². The molecular formula is C21H24F2N2O3S2. The second-order valence-corrected chi connectivity index (χ2v) is 10.8. The normalized spacial score (nSPS) is 15.2. The molecule has 30 heavy (non-hydrogen) atoms. The summed E-state index contributed by atoms with van der Waals surface area (Å²) < 4.78 is 53.8. The number of sulfonamides is 1. The smallest absolute Gasteiger partial charge is 0.242 e. The van der Waals surface area contributed by atoms with Gasteiger partial charge in [-0.15, -0.1) is 11.8 Å². The highest BCUT2D eigenvalue weighted by Crippen LogP contribution is 2.34. The molecule has 0 saturated carbocycles. The molecule has 2 aromatic carbocycles. The minimum absolute atomic E-state index is 0.0344. The van der Waals surface area contributed by atoms with E-state index < -0.39 is 26.9 Å². The molecule has 0 radical (unpaired) electrons. The summed E-state index contributed by atoms with van der Waals surface area (Å²) in [5.74, 6) is -1.36. The third kappa shape index (κ3) is 4.53. The zero-order valence-corrected chi connectivity index (χ0v) is 18.7. The number of nitrogens with zero attached hydrogens (tertiary/aromatic N) is 2. The molecule has 1 unspecified atom stereocenters. The Kier molecular flexibility index (Phi) is 6.84. The summed E-state index contributed by atoms with van der Waals surface area (Å²) in [5, 5.41) is -0.521. The molecule has 1 atom stereocenters. The number of fused-ring (bicyclic) bond motifs is 1. The van der Waals surface area contributed by atoms with Crippen LogP contribution in [0.15, 0.2) is 41.3 Å². The second kappa shape index (κ2) is 9.03. The molecule has 0 fully saturated rings. The first kappa shape index (κ1) is 22.7. The molecule has 9 heteroatoms. The lowest BCUT2D eigenvalue weighted by Crippen LogP contribution is -2.37. The largest absolute Gasteiger partial charge is 0.311 e. The van der Waals surface area contributed by atoms with Crippen molar-refractivity contribution in [2.75, 3.05) is 31.3 Å². The molecule has 0 aromatic heterocycles. The van der Waals surface area contributed by atoms with E-state index in [1.54, 1.807) is 24.0 Å². The van der Waals surface area contributed by atoms with E-state index in [4.69, 9.17) is 0 Å². The molecule has 162 valence electrons. The molecule has 0 spiro atoms. The highest BCUT2D eigenvalue weighted by molar-refractivity contribution is 8.00. The van der Waals surface area contributed by atoms with Crippen LogP contribution in [0.5, 0.6) is 0 Å². The first-order valence-electron chi connectivity index (χ1n) is 9.54. The summed E-state index contributed by atoms with van der Waals surface area (Å²) >= 11 is 1.17. The summed E-state index contributed by atoms with van der Waals surface area (Å²) in [5.41, 5.74) is 1.46. The maximum atomic E-state index is 14.0. The third-order valence-corrected chi connectivity index (χ3v) is 8.07. The molecule has 1 heterocycles. The Bertz CT molecular complexity index is 1040. The fourth-order valence-corrected chi connectivity index (χ4v) is 5.35. The highest BCUT2D eigenvalue weighted by atomic mass is 32.2. The first-order chi connectivity index (χ1) is 14.1. The summed E-state index contributed by atoms with van der Waals surface area (Å²) in [6.45, 7) is 2.19. The van der Waals surface area contributed by atoms with Crippen molar-refractivity contribution < 1.29 is 22.0 Å². The van der Waals surface area contributed by atoms with Crippen molar-refractivity contribution in [1.29, 1.82) is 0 Å². The predicted octanol–water partition coefficient (Wildman–Crippen LogP) is 3.99. The number of halogens is 2. The van der Waals surface area contributed by atoms with Crippen LogP contribution in [0.4, 0.5) is 14.5 Å². The lowest BCUT2D eigenvalue weighted by Gasteiger charge is -2.30. The molecular weight excluding hydrogens is 430 g/mol. The number of anilines is 1. The quantitative estimate of drug-likeness (QED) is 0.662. The third-order valence-electron chi connectivity index (χ3n) is 5.11. The Morgan fingerprint density at radius 2 is 1.87 bits per heavy atom. The summed E-state index contributed by atoms with van der Waals surface area (Å²) in [6, 6.07) is 8.51. The van der Waals surface area contributed by atoms with Crippen LogP contribution in [0.2, 0.25) is 0 Å². The van der Waals surface area contributed by atoms with Gasteiger partial charge >= 0.3 is 0 Å². The number of hydrogen-bond donors (Lipinski definition) is 0. The zero-order valence-electron chi connectivity index (χ0n) is 17.1. The molecule has 0 bridgehead atoms. The average Bonchev–Trinajstić information content (AvgIpc) is 2.70. The van der Waals surface area contributed by atoms with Gasteiger partial charge in [0.25, 0.3) is 0 Å². The Labute approximate surface area is 180 Å². The molecule has 5 nitrogen and oxygen atoms in total. The molecule has 0 aliphatic carbocycles. The minimum atomic E-state index is -3.55. The standard InChI is InChI=1S/C21H24F2N2O3S2/c1-14(21-17(22)7-4-8-18(21)23)29-13-20(26)25-11-5-6-15-12-16(9-10-19(15)25)30(27,28)24(2)3/h4,7-10,12,14H,5-6,11,13H2,1-3H3. The SMILES string of the molecule is CC(SCC(=O)N1CCCc2cc(S(=O)(=O)N(C)C)ccc21)c1c(F)cccc1F. The van der Waals surface area contributed by atoms with Gasteiger partial charge in [0.05, 0.1) is 10.6 Å². The van der Waals surface area contributed by atoms with Crippen molar-refractivity contribution in [1.82, 2.24) is 4.31 Å².